The first-order valence-corrected chi connectivity index (χ1v) is 14.3. The lowest BCUT2D eigenvalue weighted by Gasteiger charge is -2.30. The van der Waals surface area contributed by atoms with Gasteiger partial charge in [-0.3, -0.25) is 4.79 Å². The third kappa shape index (κ3) is 5.28. The van der Waals surface area contributed by atoms with Crippen LogP contribution in [-0.4, -0.2) is 65.5 Å². The van der Waals surface area contributed by atoms with Crippen LogP contribution in [0.2, 0.25) is 0 Å². The Bertz CT molecular complexity index is 1450. The molecule has 0 spiro atoms. The number of sulfonamides is 1. The predicted octanol–water partition coefficient (Wildman–Crippen LogP) is 4.17. The van der Waals surface area contributed by atoms with E-state index in [1.54, 1.807) is 29.2 Å². The van der Waals surface area contributed by atoms with E-state index in [9.17, 15) is 18.3 Å². The van der Waals surface area contributed by atoms with E-state index in [0.717, 1.165) is 50.9 Å². The summed E-state index contributed by atoms with van der Waals surface area (Å²) in [6.45, 7) is 2.90. The molecule has 1 saturated heterocycles. The van der Waals surface area contributed by atoms with E-state index in [-0.39, 0.29) is 30.4 Å². The van der Waals surface area contributed by atoms with Crippen molar-refractivity contribution < 1.29 is 18.3 Å². The number of piperidine rings is 1. The van der Waals surface area contributed by atoms with Gasteiger partial charge in [-0.2, -0.15) is 4.31 Å². The third-order valence-corrected chi connectivity index (χ3v) is 8.99. The van der Waals surface area contributed by atoms with Gasteiger partial charge >= 0.3 is 0 Å². The molecule has 0 radical (unpaired) electrons. The summed E-state index contributed by atoms with van der Waals surface area (Å²) in [5, 5.41) is 13.4. The smallest absolute Gasteiger partial charge is 0.243 e. The second-order valence-corrected chi connectivity index (χ2v) is 11.8. The van der Waals surface area contributed by atoms with Gasteiger partial charge in [0.25, 0.3) is 0 Å². The van der Waals surface area contributed by atoms with Crippen molar-refractivity contribution in [1.82, 2.24) is 13.8 Å². The zero-order valence-corrected chi connectivity index (χ0v) is 21.9. The number of fused-ring (bicyclic) bond motifs is 3. The van der Waals surface area contributed by atoms with Gasteiger partial charge in [0.1, 0.15) is 0 Å². The number of aliphatic hydroxyl groups is 1. The van der Waals surface area contributed by atoms with Gasteiger partial charge in [-0.05, 0) is 50.5 Å². The van der Waals surface area contributed by atoms with Crippen LogP contribution in [0.3, 0.4) is 0 Å². The molecular weight excluding hydrogens is 486 g/mol. The van der Waals surface area contributed by atoms with E-state index in [4.69, 9.17) is 0 Å². The van der Waals surface area contributed by atoms with Crippen LogP contribution in [0.15, 0.2) is 77.7 Å². The number of aryl methyl sites for hydroxylation is 1. The number of hydrogen-bond acceptors (Lipinski definition) is 4. The largest absolute Gasteiger partial charge is 0.390 e. The molecule has 3 aromatic carbocycles. The van der Waals surface area contributed by atoms with E-state index in [2.05, 4.69) is 0 Å². The Morgan fingerprint density at radius 1 is 0.892 bits per heavy atom. The Labute approximate surface area is 218 Å². The summed E-state index contributed by atoms with van der Waals surface area (Å²) in [7, 11) is -3.99. The number of aliphatic hydroxyl groups excluding tert-OH is 1. The first-order valence-electron chi connectivity index (χ1n) is 12.8. The van der Waals surface area contributed by atoms with Crippen molar-refractivity contribution in [3.63, 3.8) is 0 Å². The molecule has 1 aliphatic rings. The number of rotatable bonds is 8. The van der Waals surface area contributed by atoms with Crippen LogP contribution in [-0.2, 0) is 21.4 Å². The summed E-state index contributed by atoms with van der Waals surface area (Å²) in [6, 6.07) is 22.6. The van der Waals surface area contributed by atoms with Crippen molar-refractivity contribution in [2.75, 3.05) is 26.2 Å². The van der Waals surface area contributed by atoms with Gasteiger partial charge in [-0.1, -0.05) is 54.1 Å². The molecule has 1 fully saturated rings. The monoisotopic (exact) mass is 519 g/mol. The fourth-order valence-corrected chi connectivity index (χ4v) is 6.63. The average molecular weight is 520 g/mol. The number of carbonyl (C=O) groups excluding carboxylic acids is 1. The Balaban J connectivity index is 1.44. The van der Waals surface area contributed by atoms with Gasteiger partial charge in [0.05, 0.1) is 24.1 Å². The standard InChI is InChI=1S/C29H33N3O4S/c1-22-13-15-24(16-14-22)37(35,36)31(21-29(34)30-17-7-2-8-18-30)19-23(33)20-32-27-11-5-3-9-25(27)26-10-4-6-12-28(26)32/h3-6,9-16,23,33H,2,7-8,17-21H2,1H3. The molecular formula is C29H33N3O4S. The lowest BCUT2D eigenvalue weighted by atomic mass is 10.1. The summed E-state index contributed by atoms with van der Waals surface area (Å²) in [5.41, 5.74) is 2.89. The minimum atomic E-state index is -3.99. The number of carbonyl (C=O) groups is 1. The molecule has 37 heavy (non-hydrogen) atoms. The molecule has 5 rings (SSSR count). The van der Waals surface area contributed by atoms with Crippen molar-refractivity contribution in [2.24, 2.45) is 0 Å². The van der Waals surface area contributed by atoms with Gasteiger partial charge < -0.3 is 14.6 Å². The van der Waals surface area contributed by atoms with Crippen LogP contribution in [0.25, 0.3) is 21.8 Å². The minimum Gasteiger partial charge on any atom is -0.390 e. The van der Waals surface area contributed by atoms with Crippen molar-refractivity contribution >= 4 is 37.7 Å². The highest BCUT2D eigenvalue weighted by atomic mass is 32.2. The van der Waals surface area contributed by atoms with Crippen LogP contribution in [0.1, 0.15) is 24.8 Å². The molecule has 1 N–H and O–H groups in total. The van der Waals surface area contributed by atoms with Gasteiger partial charge in [0.15, 0.2) is 0 Å². The second kappa shape index (κ2) is 10.7. The highest BCUT2D eigenvalue weighted by Gasteiger charge is 2.31. The Morgan fingerprint density at radius 2 is 1.46 bits per heavy atom. The van der Waals surface area contributed by atoms with E-state index in [0.29, 0.717) is 13.1 Å². The number of benzene rings is 3. The molecule has 0 aliphatic carbocycles. The van der Waals surface area contributed by atoms with Gasteiger partial charge in [0.2, 0.25) is 15.9 Å². The molecule has 1 aromatic heterocycles. The zero-order chi connectivity index (χ0) is 26.0. The number of amides is 1. The van der Waals surface area contributed by atoms with Gasteiger partial charge in [0, 0.05) is 41.4 Å². The minimum absolute atomic E-state index is 0.119. The first-order chi connectivity index (χ1) is 17.8. The Kier molecular flexibility index (Phi) is 7.33. The number of para-hydroxylation sites is 2. The van der Waals surface area contributed by atoms with Crippen LogP contribution in [0, 0.1) is 6.92 Å². The fraction of sp³-hybridized carbons (Fsp3) is 0.345. The van der Waals surface area contributed by atoms with Crippen molar-refractivity contribution in [3.05, 3.63) is 78.4 Å². The lowest BCUT2D eigenvalue weighted by Crippen LogP contribution is -2.47. The number of nitrogens with zero attached hydrogens (tertiary/aromatic N) is 3. The molecule has 1 aliphatic heterocycles. The molecule has 2 heterocycles. The zero-order valence-electron chi connectivity index (χ0n) is 21.1. The molecule has 1 atom stereocenters. The average Bonchev–Trinajstić information content (AvgIpc) is 3.22. The Hall–Kier alpha value is -3.20. The van der Waals surface area contributed by atoms with Crippen LogP contribution >= 0.6 is 0 Å². The molecule has 0 saturated carbocycles. The van der Waals surface area contributed by atoms with Crippen LogP contribution in [0.5, 0.6) is 0 Å². The van der Waals surface area contributed by atoms with Crippen LogP contribution in [0.4, 0.5) is 0 Å². The maximum atomic E-state index is 13.7. The van der Waals surface area contributed by atoms with Gasteiger partial charge in [-0.15, -0.1) is 0 Å². The van der Waals surface area contributed by atoms with E-state index < -0.39 is 16.1 Å². The third-order valence-electron chi connectivity index (χ3n) is 7.17. The summed E-state index contributed by atoms with van der Waals surface area (Å²) >= 11 is 0. The maximum absolute atomic E-state index is 13.7. The molecule has 194 valence electrons. The molecule has 8 heteroatoms. The highest BCUT2D eigenvalue weighted by molar-refractivity contribution is 7.89. The first kappa shape index (κ1) is 25.4. The predicted molar refractivity (Wildman–Crippen MR) is 146 cm³/mol. The summed E-state index contributed by atoms with van der Waals surface area (Å²) in [4.78, 5) is 15.0. The number of aromatic nitrogens is 1. The fourth-order valence-electron chi connectivity index (χ4n) is 5.20. The van der Waals surface area contributed by atoms with Crippen LogP contribution < -0.4 is 0 Å². The maximum Gasteiger partial charge on any atom is 0.243 e. The highest BCUT2D eigenvalue weighted by Crippen LogP contribution is 2.29. The van der Waals surface area contributed by atoms with Crippen molar-refractivity contribution in [1.29, 1.82) is 0 Å². The Morgan fingerprint density at radius 3 is 2.05 bits per heavy atom. The van der Waals surface area contributed by atoms with Crippen molar-refractivity contribution in [3.8, 4) is 0 Å². The molecule has 1 amide bonds. The second-order valence-electron chi connectivity index (χ2n) is 9.85. The van der Waals surface area contributed by atoms with E-state index in [1.807, 2.05) is 60.0 Å². The van der Waals surface area contributed by atoms with Crippen molar-refractivity contribution in [2.45, 2.75) is 43.7 Å². The molecule has 4 aromatic rings. The summed E-state index contributed by atoms with van der Waals surface area (Å²) in [6.07, 6.45) is 1.90. The number of likely N-dealkylation sites (tertiary alicyclic amines) is 1. The van der Waals surface area contributed by atoms with E-state index >= 15 is 0 Å². The molecule has 1 unspecified atom stereocenters. The summed E-state index contributed by atoms with van der Waals surface area (Å²) in [5.74, 6) is -0.223. The molecule has 0 bridgehead atoms. The summed E-state index contributed by atoms with van der Waals surface area (Å²) < 4.78 is 30.5. The quantitative estimate of drug-likeness (QED) is 0.379. The van der Waals surface area contributed by atoms with Gasteiger partial charge in [-0.25, -0.2) is 8.42 Å². The SMILES string of the molecule is Cc1ccc(S(=O)(=O)N(CC(=O)N2CCCCC2)CC(O)Cn2c3ccccc3c3ccccc32)cc1. The topological polar surface area (TPSA) is 82.8 Å². The van der Waals surface area contributed by atoms with E-state index in [1.165, 1.54) is 0 Å². The normalized spacial score (nSPS) is 15.5. The number of hydrogen-bond donors (Lipinski definition) is 1. The molecule has 7 nitrogen and oxygen atoms in total. The lowest BCUT2D eigenvalue weighted by molar-refractivity contribution is -0.132.